The van der Waals surface area contributed by atoms with E-state index < -0.39 is 10.0 Å². The molecule has 0 bridgehead atoms. The van der Waals surface area contributed by atoms with Gasteiger partial charge in [0.1, 0.15) is 0 Å². The number of rotatable bonds is 6. The molecule has 1 aliphatic rings. The van der Waals surface area contributed by atoms with Gasteiger partial charge in [0.05, 0.1) is 18.5 Å². The molecule has 0 aliphatic heterocycles. The van der Waals surface area contributed by atoms with Crippen molar-refractivity contribution in [1.29, 1.82) is 0 Å². The van der Waals surface area contributed by atoms with Crippen LogP contribution in [0.3, 0.4) is 0 Å². The molecule has 0 aromatic heterocycles. The molecule has 0 atom stereocenters. The van der Waals surface area contributed by atoms with Crippen LogP contribution < -0.4 is 9.62 Å². The van der Waals surface area contributed by atoms with Crippen molar-refractivity contribution in [3.05, 3.63) is 28.8 Å². The van der Waals surface area contributed by atoms with Crippen LogP contribution in [-0.2, 0) is 14.8 Å². The van der Waals surface area contributed by atoms with Gasteiger partial charge in [0.15, 0.2) is 0 Å². The molecule has 5 nitrogen and oxygen atoms in total. The van der Waals surface area contributed by atoms with E-state index in [-0.39, 0.29) is 24.9 Å². The number of hydrogen-bond donors (Lipinski definition) is 1. The van der Waals surface area contributed by atoms with Crippen LogP contribution >= 0.6 is 11.6 Å². The smallest absolute Gasteiger partial charge is 0.232 e. The molecule has 1 aromatic carbocycles. The predicted octanol–water partition coefficient (Wildman–Crippen LogP) is 2.33. The van der Waals surface area contributed by atoms with E-state index in [1.165, 1.54) is 4.31 Å². The van der Waals surface area contributed by atoms with Gasteiger partial charge in [-0.25, -0.2) is 8.42 Å². The molecule has 2 rings (SSSR count). The molecule has 0 spiro atoms. The molecule has 1 amide bonds. The summed E-state index contributed by atoms with van der Waals surface area (Å²) >= 11 is 5.97. The molecular weight excluding hydrogens is 324 g/mol. The van der Waals surface area contributed by atoms with Crippen LogP contribution in [0.5, 0.6) is 0 Å². The fourth-order valence-electron chi connectivity index (χ4n) is 2.41. The third-order valence-electron chi connectivity index (χ3n) is 3.93. The Bertz CT molecular complexity index is 657. The molecule has 1 fully saturated rings. The van der Waals surface area contributed by atoms with E-state index in [9.17, 15) is 13.2 Å². The number of sulfonamides is 1. The largest absolute Gasteiger partial charge is 0.354 e. The second-order valence-electron chi connectivity index (χ2n) is 5.68. The van der Waals surface area contributed by atoms with Crippen molar-refractivity contribution < 1.29 is 13.2 Å². The Morgan fingerprint density at radius 2 is 2.09 bits per heavy atom. The van der Waals surface area contributed by atoms with Gasteiger partial charge < -0.3 is 5.32 Å². The first-order valence-corrected chi connectivity index (χ1v) is 9.53. The molecule has 1 saturated carbocycles. The summed E-state index contributed by atoms with van der Waals surface area (Å²) in [5, 5.41) is 3.29. The van der Waals surface area contributed by atoms with Crippen LogP contribution in [0.15, 0.2) is 18.2 Å². The Kier molecular flexibility index (Phi) is 5.34. The van der Waals surface area contributed by atoms with Gasteiger partial charge >= 0.3 is 0 Å². The number of halogens is 1. The van der Waals surface area contributed by atoms with E-state index in [1.807, 2.05) is 6.92 Å². The van der Waals surface area contributed by atoms with Gasteiger partial charge in [-0.15, -0.1) is 0 Å². The van der Waals surface area contributed by atoms with Crippen LogP contribution in [0.4, 0.5) is 5.69 Å². The van der Waals surface area contributed by atoms with Gasteiger partial charge in [-0.2, -0.15) is 0 Å². The minimum Gasteiger partial charge on any atom is -0.354 e. The molecule has 0 unspecified atom stereocenters. The van der Waals surface area contributed by atoms with Crippen molar-refractivity contribution in [3.63, 3.8) is 0 Å². The molecular formula is C15H21ClN2O3S. The average Bonchev–Trinajstić information content (AvgIpc) is 2.34. The number of carbonyl (C=O) groups is 1. The summed E-state index contributed by atoms with van der Waals surface area (Å²) in [6.07, 6.45) is 4.10. The van der Waals surface area contributed by atoms with Gasteiger partial charge in [-0.1, -0.05) is 24.1 Å². The zero-order chi connectivity index (χ0) is 16.3. The van der Waals surface area contributed by atoms with Crippen molar-refractivity contribution in [2.75, 3.05) is 23.7 Å². The Morgan fingerprint density at radius 3 is 2.64 bits per heavy atom. The van der Waals surface area contributed by atoms with Crippen LogP contribution in [0.1, 0.15) is 24.8 Å². The third-order valence-corrected chi connectivity index (χ3v) is 5.35. The number of nitrogens with one attached hydrogen (secondary N) is 1. The summed E-state index contributed by atoms with van der Waals surface area (Å²) in [5.74, 6) is 0.113. The average molecular weight is 345 g/mol. The van der Waals surface area contributed by atoms with Crippen LogP contribution in [0, 0.1) is 12.8 Å². The molecule has 1 aliphatic carbocycles. The lowest BCUT2D eigenvalue weighted by molar-refractivity contribution is -0.127. The monoisotopic (exact) mass is 344 g/mol. The number of nitrogens with zero attached hydrogens (tertiary/aromatic N) is 1. The second-order valence-corrected chi connectivity index (χ2v) is 8.03. The standard InChI is InChI=1S/C15H21ClN2O3S/c1-11-6-7-13(16)10-14(11)18(22(2,20)21)9-8-17-15(19)12-4-3-5-12/h6-7,10,12H,3-5,8-9H2,1-2H3,(H,17,19). The van der Waals surface area contributed by atoms with E-state index in [1.54, 1.807) is 18.2 Å². The lowest BCUT2D eigenvalue weighted by atomic mass is 9.85. The summed E-state index contributed by atoms with van der Waals surface area (Å²) in [7, 11) is -3.44. The minimum atomic E-state index is -3.44. The van der Waals surface area contributed by atoms with Crippen molar-refractivity contribution in [2.24, 2.45) is 5.92 Å². The first-order valence-electron chi connectivity index (χ1n) is 7.30. The number of hydrogen-bond acceptors (Lipinski definition) is 3. The van der Waals surface area contributed by atoms with E-state index in [0.29, 0.717) is 10.7 Å². The highest BCUT2D eigenvalue weighted by Gasteiger charge is 2.25. The fourth-order valence-corrected chi connectivity index (χ4v) is 3.55. The maximum Gasteiger partial charge on any atom is 0.232 e. The molecule has 1 aromatic rings. The van der Waals surface area contributed by atoms with Gasteiger partial charge in [0.2, 0.25) is 15.9 Å². The number of amides is 1. The molecule has 0 heterocycles. The van der Waals surface area contributed by atoms with E-state index in [4.69, 9.17) is 11.6 Å². The van der Waals surface area contributed by atoms with Gasteiger partial charge in [0, 0.05) is 17.5 Å². The Labute approximate surface area is 136 Å². The Hall–Kier alpha value is -1.27. The molecule has 7 heteroatoms. The topological polar surface area (TPSA) is 66.5 Å². The van der Waals surface area contributed by atoms with E-state index >= 15 is 0 Å². The normalized spacial score (nSPS) is 15.2. The molecule has 22 heavy (non-hydrogen) atoms. The molecule has 0 radical (unpaired) electrons. The SMILES string of the molecule is Cc1ccc(Cl)cc1N(CCNC(=O)C1CCC1)S(C)(=O)=O. The first-order chi connectivity index (χ1) is 10.3. The van der Waals surface area contributed by atoms with Gasteiger partial charge in [-0.05, 0) is 37.5 Å². The third kappa shape index (κ3) is 4.14. The quantitative estimate of drug-likeness (QED) is 0.861. The Morgan fingerprint density at radius 1 is 1.41 bits per heavy atom. The predicted molar refractivity (Wildman–Crippen MR) is 88.7 cm³/mol. The second kappa shape index (κ2) is 6.87. The first kappa shape index (κ1) is 17.1. The lowest BCUT2D eigenvalue weighted by Gasteiger charge is -2.27. The Balaban J connectivity index is 2.07. The fraction of sp³-hybridized carbons (Fsp3) is 0.533. The maximum atomic E-state index is 12.0. The number of benzene rings is 1. The number of carbonyl (C=O) groups excluding carboxylic acids is 1. The van der Waals surface area contributed by atoms with Crippen molar-refractivity contribution >= 4 is 33.2 Å². The van der Waals surface area contributed by atoms with Crippen molar-refractivity contribution in [3.8, 4) is 0 Å². The number of anilines is 1. The van der Waals surface area contributed by atoms with Crippen molar-refractivity contribution in [1.82, 2.24) is 5.32 Å². The summed E-state index contributed by atoms with van der Waals surface area (Å²) in [6, 6.07) is 5.13. The zero-order valence-corrected chi connectivity index (χ0v) is 14.4. The van der Waals surface area contributed by atoms with Crippen molar-refractivity contribution in [2.45, 2.75) is 26.2 Å². The lowest BCUT2D eigenvalue weighted by Crippen LogP contribution is -2.41. The highest BCUT2D eigenvalue weighted by molar-refractivity contribution is 7.92. The van der Waals surface area contributed by atoms with Crippen LogP contribution in [0.25, 0.3) is 0 Å². The van der Waals surface area contributed by atoms with Crippen LogP contribution in [-0.4, -0.2) is 33.7 Å². The number of aryl methyl sites for hydroxylation is 1. The van der Waals surface area contributed by atoms with E-state index in [0.717, 1.165) is 31.1 Å². The summed E-state index contributed by atoms with van der Waals surface area (Å²) in [5.41, 5.74) is 1.37. The highest BCUT2D eigenvalue weighted by Crippen LogP contribution is 2.27. The summed E-state index contributed by atoms with van der Waals surface area (Å²) < 4.78 is 25.4. The van der Waals surface area contributed by atoms with Crippen LogP contribution in [0.2, 0.25) is 5.02 Å². The summed E-state index contributed by atoms with van der Waals surface area (Å²) in [6.45, 7) is 2.31. The maximum absolute atomic E-state index is 12.0. The minimum absolute atomic E-state index is 0.0162. The molecule has 1 N–H and O–H groups in total. The zero-order valence-electron chi connectivity index (χ0n) is 12.8. The molecule has 0 saturated heterocycles. The van der Waals surface area contributed by atoms with Gasteiger partial charge in [0.25, 0.3) is 0 Å². The highest BCUT2D eigenvalue weighted by atomic mass is 35.5. The molecule has 122 valence electrons. The van der Waals surface area contributed by atoms with Gasteiger partial charge in [-0.3, -0.25) is 9.10 Å². The van der Waals surface area contributed by atoms with E-state index in [2.05, 4.69) is 5.32 Å². The summed E-state index contributed by atoms with van der Waals surface area (Å²) in [4.78, 5) is 11.8.